The SMILES string of the molecule is COC(=O)c1cc(S(=O)(=O)NC(C)CC2CC2)ccc1O. The largest absolute Gasteiger partial charge is 0.507 e. The van der Waals surface area contributed by atoms with Crippen LogP contribution in [0.5, 0.6) is 5.75 Å². The van der Waals surface area contributed by atoms with Crippen LogP contribution >= 0.6 is 0 Å². The molecule has 0 saturated heterocycles. The number of methoxy groups -OCH3 is 1. The van der Waals surface area contributed by atoms with E-state index < -0.39 is 16.0 Å². The lowest BCUT2D eigenvalue weighted by Crippen LogP contribution is -2.33. The van der Waals surface area contributed by atoms with Gasteiger partial charge in [0.1, 0.15) is 11.3 Å². The van der Waals surface area contributed by atoms with Crippen LogP contribution < -0.4 is 4.72 Å². The van der Waals surface area contributed by atoms with Crippen molar-refractivity contribution in [3.63, 3.8) is 0 Å². The fourth-order valence-electron chi connectivity index (χ4n) is 2.19. The van der Waals surface area contributed by atoms with E-state index in [9.17, 15) is 18.3 Å². The number of rotatable bonds is 6. The van der Waals surface area contributed by atoms with Gasteiger partial charge in [0, 0.05) is 6.04 Å². The lowest BCUT2D eigenvalue weighted by atomic mass is 10.2. The Labute approximate surface area is 124 Å². The number of hydrogen-bond acceptors (Lipinski definition) is 5. The molecule has 1 aliphatic carbocycles. The predicted molar refractivity (Wildman–Crippen MR) is 76.6 cm³/mol. The molecule has 2 rings (SSSR count). The minimum Gasteiger partial charge on any atom is -0.507 e. The summed E-state index contributed by atoms with van der Waals surface area (Å²) in [7, 11) is -2.56. The summed E-state index contributed by atoms with van der Waals surface area (Å²) in [6.45, 7) is 1.82. The Hall–Kier alpha value is -1.60. The van der Waals surface area contributed by atoms with E-state index in [0.717, 1.165) is 25.3 Å². The maximum atomic E-state index is 12.3. The summed E-state index contributed by atoms with van der Waals surface area (Å²) in [5.74, 6) is -0.490. The Morgan fingerprint density at radius 2 is 2.14 bits per heavy atom. The van der Waals surface area contributed by atoms with E-state index in [2.05, 4.69) is 9.46 Å². The summed E-state index contributed by atoms with van der Waals surface area (Å²) in [6.07, 6.45) is 3.11. The average Bonchev–Trinajstić information content (AvgIpc) is 3.21. The second-order valence-corrected chi connectivity index (χ2v) is 7.09. The molecule has 1 aromatic rings. The zero-order chi connectivity index (χ0) is 15.6. The normalized spacial score (nSPS) is 16.5. The van der Waals surface area contributed by atoms with Crippen molar-refractivity contribution in [3.8, 4) is 5.75 Å². The molecular weight excluding hydrogens is 294 g/mol. The first-order valence-corrected chi connectivity index (χ1v) is 8.25. The number of esters is 1. The minimum absolute atomic E-state index is 0.0663. The third kappa shape index (κ3) is 3.95. The van der Waals surface area contributed by atoms with E-state index in [1.54, 1.807) is 0 Å². The Kier molecular flexibility index (Phi) is 4.53. The van der Waals surface area contributed by atoms with Crippen LogP contribution in [0.4, 0.5) is 0 Å². The number of benzene rings is 1. The minimum atomic E-state index is -3.73. The molecule has 1 atom stereocenters. The van der Waals surface area contributed by atoms with Crippen LogP contribution in [0.1, 0.15) is 36.5 Å². The molecule has 0 spiro atoms. The van der Waals surface area contributed by atoms with Gasteiger partial charge >= 0.3 is 5.97 Å². The number of sulfonamides is 1. The second-order valence-electron chi connectivity index (χ2n) is 5.37. The highest BCUT2D eigenvalue weighted by atomic mass is 32.2. The molecule has 0 aromatic heterocycles. The zero-order valence-electron chi connectivity index (χ0n) is 12.0. The maximum absolute atomic E-state index is 12.3. The van der Waals surface area contributed by atoms with Crippen molar-refractivity contribution >= 4 is 16.0 Å². The summed E-state index contributed by atoms with van der Waals surface area (Å²) in [5.41, 5.74) is -0.171. The van der Waals surface area contributed by atoms with Crippen molar-refractivity contribution in [2.24, 2.45) is 5.92 Å². The van der Waals surface area contributed by atoms with Crippen LogP contribution in [0.3, 0.4) is 0 Å². The Morgan fingerprint density at radius 1 is 1.48 bits per heavy atom. The molecule has 0 amide bonds. The van der Waals surface area contributed by atoms with Gasteiger partial charge in [-0.2, -0.15) is 0 Å². The number of ether oxygens (including phenoxy) is 1. The van der Waals surface area contributed by atoms with Crippen LogP contribution in [0.25, 0.3) is 0 Å². The Morgan fingerprint density at radius 3 is 2.71 bits per heavy atom. The summed E-state index contributed by atoms with van der Waals surface area (Å²) >= 11 is 0. The van der Waals surface area contributed by atoms with Crippen molar-refractivity contribution in [2.45, 2.75) is 37.1 Å². The van der Waals surface area contributed by atoms with E-state index in [1.807, 2.05) is 6.92 Å². The molecule has 1 saturated carbocycles. The molecule has 1 aliphatic rings. The van der Waals surface area contributed by atoms with E-state index in [4.69, 9.17) is 0 Å². The quantitative estimate of drug-likeness (QED) is 0.779. The molecule has 6 nitrogen and oxygen atoms in total. The molecule has 7 heteroatoms. The van der Waals surface area contributed by atoms with Gasteiger partial charge in [0.05, 0.1) is 12.0 Å². The Bertz CT molecular complexity index is 637. The molecule has 0 bridgehead atoms. The molecular formula is C14H19NO5S. The van der Waals surface area contributed by atoms with Crippen molar-refractivity contribution < 1.29 is 23.1 Å². The van der Waals surface area contributed by atoms with Crippen LogP contribution in [-0.2, 0) is 14.8 Å². The molecule has 1 fully saturated rings. The van der Waals surface area contributed by atoms with Gasteiger partial charge in [-0.05, 0) is 37.5 Å². The maximum Gasteiger partial charge on any atom is 0.341 e. The van der Waals surface area contributed by atoms with Crippen molar-refractivity contribution in [2.75, 3.05) is 7.11 Å². The van der Waals surface area contributed by atoms with Gasteiger partial charge in [-0.1, -0.05) is 12.8 Å². The molecule has 21 heavy (non-hydrogen) atoms. The zero-order valence-corrected chi connectivity index (χ0v) is 12.8. The first-order valence-electron chi connectivity index (χ1n) is 6.77. The highest BCUT2D eigenvalue weighted by Gasteiger charge is 2.27. The van der Waals surface area contributed by atoms with E-state index in [-0.39, 0.29) is 22.3 Å². The van der Waals surface area contributed by atoms with Crippen molar-refractivity contribution in [3.05, 3.63) is 23.8 Å². The topological polar surface area (TPSA) is 92.7 Å². The summed E-state index contributed by atoms with van der Waals surface area (Å²) in [6, 6.07) is 3.38. The number of aromatic hydroxyl groups is 1. The highest BCUT2D eigenvalue weighted by molar-refractivity contribution is 7.89. The summed E-state index contributed by atoms with van der Waals surface area (Å²) in [5, 5.41) is 9.60. The average molecular weight is 313 g/mol. The summed E-state index contributed by atoms with van der Waals surface area (Å²) in [4.78, 5) is 11.4. The molecule has 116 valence electrons. The smallest absolute Gasteiger partial charge is 0.341 e. The molecule has 0 aliphatic heterocycles. The second kappa shape index (κ2) is 6.03. The third-order valence-electron chi connectivity index (χ3n) is 3.42. The van der Waals surface area contributed by atoms with Gasteiger partial charge in [0.2, 0.25) is 10.0 Å². The molecule has 0 radical (unpaired) electrons. The van der Waals surface area contributed by atoms with Gasteiger partial charge in [-0.25, -0.2) is 17.9 Å². The number of nitrogens with one attached hydrogen (secondary N) is 1. The number of carbonyl (C=O) groups excluding carboxylic acids is 1. The first-order chi connectivity index (χ1) is 9.83. The molecule has 2 N–H and O–H groups in total. The van der Waals surface area contributed by atoms with Crippen LogP contribution in [0.15, 0.2) is 23.1 Å². The first kappa shape index (κ1) is 15.8. The fourth-order valence-corrected chi connectivity index (χ4v) is 3.47. The van der Waals surface area contributed by atoms with Crippen LogP contribution in [0, 0.1) is 5.92 Å². The Balaban J connectivity index is 2.20. The highest BCUT2D eigenvalue weighted by Crippen LogP contribution is 2.33. The van der Waals surface area contributed by atoms with E-state index in [0.29, 0.717) is 5.92 Å². The van der Waals surface area contributed by atoms with Gasteiger partial charge in [-0.15, -0.1) is 0 Å². The van der Waals surface area contributed by atoms with E-state index >= 15 is 0 Å². The number of phenols is 1. The monoisotopic (exact) mass is 313 g/mol. The molecule has 0 heterocycles. The van der Waals surface area contributed by atoms with Gasteiger partial charge < -0.3 is 9.84 Å². The third-order valence-corrected chi connectivity index (χ3v) is 5.01. The number of carbonyl (C=O) groups is 1. The van der Waals surface area contributed by atoms with Gasteiger partial charge in [0.25, 0.3) is 0 Å². The van der Waals surface area contributed by atoms with Crippen molar-refractivity contribution in [1.29, 1.82) is 0 Å². The summed E-state index contributed by atoms with van der Waals surface area (Å²) < 4.78 is 31.6. The number of phenolic OH excluding ortho intramolecular Hbond substituents is 1. The van der Waals surface area contributed by atoms with Crippen LogP contribution in [-0.4, -0.2) is 32.6 Å². The predicted octanol–water partition coefficient (Wildman–Crippen LogP) is 1.65. The molecule has 1 aromatic carbocycles. The lowest BCUT2D eigenvalue weighted by Gasteiger charge is -2.14. The van der Waals surface area contributed by atoms with Crippen LogP contribution in [0.2, 0.25) is 0 Å². The molecule has 1 unspecified atom stereocenters. The van der Waals surface area contributed by atoms with E-state index in [1.165, 1.54) is 19.2 Å². The number of hydrogen-bond donors (Lipinski definition) is 2. The van der Waals surface area contributed by atoms with Gasteiger partial charge in [-0.3, -0.25) is 0 Å². The lowest BCUT2D eigenvalue weighted by molar-refractivity contribution is 0.0597. The standard InChI is InChI=1S/C14H19NO5S/c1-9(7-10-3-4-10)15-21(18,19)11-5-6-13(16)12(8-11)14(17)20-2/h5-6,8-10,15-16H,3-4,7H2,1-2H3. The van der Waals surface area contributed by atoms with Gasteiger partial charge in [0.15, 0.2) is 0 Å². The van der Waals surface area contributed by atoms with Crippen molar-refractivity contribution in [1.82, 2.24) is 4.72 Å². The fraction of sp³-hybridized carbons (Fsp3) is 0.500.